The molecule has 1 saturated heterocycles. The van der Waals surface area contributed by atoms with Crippen molar-refractivity contribution in [1.82, 2.24) is 4.90 Å². The zero-order chi connectivity index (χ0) is 15.1. The van der Waals surface area contributed by atoms with Crippen molar-refractivity contribution in [1.29, 1.82) is 0 Å². The van der Waals surface area contributed by atoms with Gasteiger partial charge in [0, 0.05) is 26.7 Å². The summed E-state index contributed by atoms with van der Waals surface area (Å²) in [6.07, 6.45) is 4.25. The third kappa shape index (κ3) is 4.83. The van der Waals surface area contributed by atoms with Crippen LogP contribution in [0.2, 0.25) is 0 Å². The van der Waals surface area contributed by atoms with Gasteiger partial charge in [0.25, 0.3) is 0 Å². The highest BCUT2D eigenvalue weighted by Crippen LogP contribution is 2.15. The maximum atomic E-state index is 12.5. The van der Waals surface area contributed by atoms with E-state index in [9.17, 15) is 4.79 Å². The van der Waals surface area contributed by atoms with Gasteiger partial charge in [-0.05, 0) is 31.2 Å². The molecule has 2 N–H and O–H groups in total. The van der Waals surface area contributed by atoms with E-state index in [1.54, 1.807) is 4.90 Å². The number of hydrogen-bond donors (Lipinski definition) is 1. The molecule has 1 aliphatic heterocycles. The van der Waals surface area contributed by atoms with Crippen molar-refractivity contribution in [2.45, 2.75) is 31.8 Å². The average Bonchev–Trinajstić information content (AvgIpc) is 2.54. The summed E-state index contributed by atoms with van der Waals surface area (Å²) in [4.78, 5) is 14.3. The number of amides is 1. The number of rotatable bonds is 6. The number of nitrogens with zero attached hydrogens (tertiary/aromatic N) is 1. The van der Waals surface area contributed by atoms with E-state index in [1.807, 2.05) is 37.4 Å². The van der Waals surface area contributed by atoms with E-state index in [1.165, 1.54) is 6.42 Å². The molecule has 0 aliphatic carbocycles. The van der Waals surface area contributed by atoms with Crippen LogP contribution in [0.5, 0.6) is 0 Å². The molecule has 1 amide bonds. The zero-order valence-electron chi connectivity index (χ0n) is 12.8. The molecule has 0 aromatic heterocycles. The van der Waals surface area contributed by atoms with Gasteiger partial charge in [-0.2, -0.15) is 0 Å². The molecule has 0 saturated carbocycles. The fourth-order valence-corrected chi connectivity index (χ4v) is 2.83. The van der Waals surface area contributed by atoms with Crippen LogP contribution >= 0.6 is 0 Å². The highest BCUT2D eigenvalue weighted by molar-refractivity contribution is 5.79. The molecular formula is C17H26N2O2. The van der Waals surface area contributed by atoms with Crippen LogP contribution in [0.15, 0.2) is 30.3 Å². The molecular weight excluding hydrogens is 264 g/mol. The van der Waals surface area contributed by atoms with Crippen molar-refractivity contribution in [3.05, 3.63) is 35.9 Å². The minimum absolute atomic E-state index is 0.121. The lowest BCUT2D eigenvalue weighted by Crippen LogP contribution is -2.42. The fraction of sp³-hybridized carbons (Fsp3) is 0.588. The van der Waals surface area contributed by atoms with Crippen molar-refractivity contribution in [3.63, 3.8) is 0 Å². The summed E-state index contributed by atoms with van der Waals surface area (Å²) in [6.45, 7) is 1.87. The third-order valence-corrected chi connectivity index (χ3v) is 4.09. The highest BCUT2D eigenvalue weighted by Gasteiger charge is 2.24. The molecule has 1 aromatic carbocycles. The first-order chi connectivity index (χ1) is 10.2. The summed E-state index contributed by atoms with van der Waals surface area (Å²) in [5.41, 5.74) is 6.97. The van der Waals surface area contributed by atoms with Crippen LogP contribution in [0.25, 0.3) is 0 Å². The number of carbonyl (C=O) groups excluding carboxylic acids is 1. The Morgan fingerprint density at radius 2 is 2.14 bits per heavy atom. The molecule has 116 valence electrons. The number of likely N-dealkylation sites (N-methyl/N-ethyl adjacent to an activating group) is 1. The van der Waals surface area contributed by atoms with Crippen molar-refractivity contribution < 1.29 is 9.53 Å². The molecule has 4 heteroatoms. The van der Waals surface area contributed by atoms with Crippen LogP contribution in [0, 0.1) is 5.92 Å². The molecule has 21 heavy (non-hydrogen) atoms. The SMILES string of the molecule is CN(CC1CCCCO1)C(=O)C(CN)Cc1ccccc1. The van der Waals surface area contributed by atoms with Gasteiger partial charge >= 0.3 is 0 Å². The molecule has 1 aromatic rings. The summed E-state index contributed by atoms with van der Waals surface area (Å²) in [7, 11) is 1.86. The molecule has 2 rings (SSSR count). The Kier molecular flexibility index (Phi) is 6.21. The molecule has 0 bridgehead atoms. The van der Waals surface area contributed by atoms with E-state index in [0.717, 1.165) is 25.0 Å². The summed E-state index contributed by atoms with van der Waals surface area (Å²) in [5.74, 6) is -0.0310. The van der Waals surface area contributed by atoms with Gasteiger partial charge in [-0.1, -0.05) is 30.3 Å². The van der Waals surface area contributed by atoms with Gasteiger partial charge < -0.3 is 15.4 Å². The second-order valence-corrected chi connectivity index (χ2v) is 5.83. The Balaban J connectivity index is 1.89. The van der Waals surface area contributed by atoms with E-state index in [2.05, 4.69) is 0 Å². The fourth-order valence-electron chi connectivity index (χ4n) is 2.83. The first-order valence-corrected chi connectivity index (χ1v) is 7.81. The molecule has 2 unspecified atom stereocenters. The maximum absolute atomic E-state index is 12.5. The van der Waals surface area contributed by atoms with Crippen molar-refractivity contribution in [2.75, 3.05) is 26.7 Å². The molecule has 2 atom stereocenters. The number of ether oxygens (including phenoxy) is 1. The second kappa shape index (κ2) is 8.15. The third-order valence-electron chi connectivity index (χ3n) is 4.09. The standard InChI is InChI=1S/C17H26N2O2/c1-19(13-16-9-5-6-10-21-16)17(20)15(12-18)11-14-7-3-2-4-8-14/h2-4,7-8,15-16H,5-6,9-13,18H2,1H3. The molecule has 0 spiro atoms. The minimum Gasteiger partial charge on any atom is -0.376 e. The van der Waals surface area contributed by atoms with Crippen LogP contribution in [0.3, 0.4) is 0 Å². The predicted octanol–water partition coefficient (Wildman–Crippen LogP) is 1.83. The van der Waals surface area contributed by atoms with Crippen LogP contribution in [0.1, 0.15) is 24.8 Å². The van der Waals surface area contributed by atoms with Gasteiger partial charge in [-0.15, -0.1) is 0 Å². The lowest BCUT2D eigenvalue weighted by Gasteiger charge is -2.29. The van der Waals surface area contributed by atoms with Crippen LogP contribution < -0.4 is 5.73 Å². The predicted molar refractivity (Wildman–Crippen MR) is 83.9 cm³/mol. The lowest BCUT2D eigenvalue weighted by atomic mass is 9.98. The number of benzene rings is 1. The number of carbonyl (C=O) groups is 1. The normalized spacial score (nSPS) is 20.0. The van der Waals surface area contributed by atoms with E-state index in [-0.39, 0.29) is 17.9 Å². The highest BCUT2D eigenvalue weighted by atomic mass is 16.5. The largest absolute Gasteiger partial charge is 0.376 e. The zero-order valence-corrected chi connectivity index (χ0v) is 12.8. The quantitative estimate of drug-likeness (QED) is 0.869. The van der Waals surface area contributed by atoms with Gasteiger partial charge in [-0.25, -0.2) is 0 Å². The summed E-state index contributed by atoms with van der Waals surface area (Å²) < 4.78 is 5.71. The average molecular weight is 290 g/mol. The minimum atomic E-state index is -0.152. The van der Waals surface area contributed by atoms with E-state index >= 15 is 0 Å². The lowest BCUT2D eigenvalue weighted by molar-refractivity contribution is -0.136. The Morgan fingerprint density at radius 1 is 1.38 bits per heavy atom. The van der Waals surface area contributed by atoms with Crippen LogP contribution in [0.4, 0.5) is 0 Å². The molecule has 4 nitrogen and oxygen atoms in total. The Morgan fingerprint density at radius 3 is 2.76 bits per heavy atom. The summed E-state index contributed by atoms with van der Waals surface area (Å²) in [6, 6.07) is 10.1. The smallest absolute Gasteiger partial charge is 0.227 e. The Bertz CT molecular complexity index is 430. The van der Waals surface area contributed by atoms with Crippen molar-refractivity contribution in [3.8, 4) is 0 Å². The Labute approximate surface area is 127 Å². The first-order valence-electron chi connectivity index (χ1n) is 7.81. The molecule has 1 fully saturated rings. The van der Waals surface area contributed by atoms with Crippen molar-refractivity contribution >= 4 is 5.91 Å². The van der Waals surface area contributed by atoms with Gasteiger partial charge in [0.15, 0.2) is 0 Å². The van der Waals surface area contributed by atoms with Gasteiger partial charge in [0.2, 0.25) is 5.91 Å². The Hall–Kier alpha value is -1.39. The molecule has 1 aliphatic rings. The summed E-state index contributed by atoms with van der Waals surface area (Å²) >= 11 is 0. The van der Waals surface area contributed by atoms with Gasteiger partial charge in [0.05, 0.1) is 12.0 Å². The van der Waals surface area contributed by atoms with E-state index in [4.69, 9.17) is 10.5 Å². The van der Waals surface area contributed by atoms with Crippen LogP contribution in [-0.2, 0) is 16.0 Å². The van der Waals surface area contributed by atoms with E-state index < -0.39 is 0 Å². The van der Waals surface area contributed by atoms with Crippen molar-refractivity contribution in [2.24, 2.45) is 11.7 Å². The molecule has 0 radical (unpaired) electrons. The van der Waals surface area contributed by atoms with E-state index in [0.29, 0.717) is 19.5 Å². The first kappa shape index (κ1) is 16.0. The topological polar surface area (TPSA) is 55.6 Å². The number of nitrogens with two attached hydrogens (primary N) is 1. The maximum Gasteiger partial charge on any atom is 0.227 e. The van der Waals surface area contributed by atoms with Gasteiger partial charge in [-0.3, -0.25) is 4.79 Å². The summed E-state index contributed by atoms with van der Waals surface area (Å²) in [5, 5.41) is 0. The van der Waals surface area contributed by atoms with Crippen LogP contribution in [-0.4, -0.2) is 43.7 Å². The van der Waals surface area contributed by atoms with Gasteiger partial charge in [0.1, 0.15) is 0 Å². The number of hydrogen-bond acceptors (Lipinski definition) is 3. The second-order valence-electron chi connectivity index (χ2n) is 5.83. The molecule has 1 heterocycles. The monoisotopic (exact) mass is 290 g/mol.